The lowest BCUT2D eigenvalue weighted by Crippen LogP contribution is -2.67. The third kappa shape index (κ3) is 2.72. The summed E-state index contributed by atoms with van der Waals surface area (Å²) in [5.74, 6) is -0.0687. The number of benzene rings is 2. The number of piperidine rings is 1. The largest absolute Gasteiger partial charge is 0.351 e. The van der Waals surface area contributed by atoms with Crippen LogP contribution in [0.25, 0.3) is 0 Å². The molecular formula is C20H20ClN3O2. The van der Waals surface area contributed by atoms with Crippen molar-refractivity contribution in [3.8, 4) is 0 Å². The number of hydrogen-bond acceptors (Lipinski definition) is 3. The average Bonchev–Trinajstić information content (AvgIpc) is 2.67. The number of anilines is 1. The molecule has 2 amide bonds. The summed E-state index contributed by atoms with van der Waals surface area (Å²) in [7, 11) is 1.99. The van der Waals surface area contributed by atoms with Gasteiger partial charge in [-0.15, -0.1) is 0 Å². The summed E-state index contributed by atoms with van der Waals surface area (Å²) in [6.07, 6.45) is 1.35. The summed E-state index contributed by atoms with van der Waals surface area (Å²) in [5.41, 5.74) is 1.70. The van der Waals surface area contributed by atoms with Crippen LogP contribution < -0.4 is 10.2 Å². The Kier molecular flexibility index (Phi) is 4.11. The van der Waals surface area contributed by atoms with Crippen molar-refractivity contribution in [3.05, 3.63) is 64.7 Å². The molecule has 2 aromatic rings. The lowest BCUT2D eigenvalue weighted by atomic mass is 9.90. The van der Waals surface area contributed by atoms with Gasteiger partial charge in [-0.2, -0.15) is 0 Å². The Morgan fingerprint density at radius 3 is 2.50 bits per heavy atom. The smallest absolute Gasteiger partial charge is 0.255 e. The maximum absolute atomic E-state index is 12.7. The van der Waals surface area contributed by atoms with E-state index in [1.165, 1.54) is 0 Å². The highest BCUT2D eigenvalue weighted by atomic mass is 35.5. The number of rotatable bonds is 1. The van der Waals surface area contributed by atoms with Crippen molar-refractivity contribution < 1.29 is 9.59 Å². The first-order valence-electron chi connectivity index (χ1n) is 8.70. The highest BCUT2D eigenvalue weighted by Crippen LogP contribution is 2.37. The fraction of sp³-hybridized carbons (Fsp3) is 0.300. The minimum Gasteiger partial charge on any atom is -0.351 e. The van der Waals surface area contributed by atoms with Gasteiger partial charge in [0, 0.05) is 43.6 Å². The van der Waals surface area contributed by atoms with Crippen LogP contribution in [0, 0.1) is 0 Å². The van der Waals surface area contributed by atoms with E-state index in [0.717, 1.165) is 5.69 Å². The summed E-state index contributed by atoms with van der Waals surface area (Å²) in [5, 5.41) is 3.70. The van der Waals surface area contributed by atoms with Gasteiger partial charge in [0.25, 0.3) is 11.8 Å². The second kappa shape index (κ2) is 6.32. The van der Waals surface area contributed by atoms with E-state index in [1.807, 2.05) is 48.3 Å². The van der Waals surface area contributed by atoms with Gasteiger partial charge in [-0.1, -0.05) is 29.8 Å². The van der Waals surface area contributed by atoms with E-state index >= 15 is 0 Å². The van der Waals surface area contributed by atoms with Gasteiger partial charge in [0.15, 0.2) is 0 Å². The van der Waals surface area contributed by atoms with Crippen molar-refractivity contribution >= 4 is 29.1 Å². The molecule has 0 saturated carbocycles. The first kappa shape index (κ1) is 16.9. The zero-order valence-corrected chi connectivity index (χ0v) is 15.3. The Hall–Kier alpha value is -2.53. The number of nitrogens with one attached hydrogen (secondary N) is 1. The van der Waals surface area contributed by atoms with Crippen LogP contribution in [-0.2, 0) is 0 Å². The van der Waals surface area contributed by atoms with Crippen molar-refractivity contribution in [2.75, 3.05) is 25.0 Å². The van der Waals surface area contributed by atoms with Crippen LogP contribution in [0.15, 0.2) is 48.5 Å². The topological polar surface area (TPSA) is 52.7 Å². The molecule has 4 rings (SSSR count). The fourth-order valence-corrected chi connectivity index (χ4v) is 4.05. The van der Waals surface area contributed by atoms with Crippen molar-refractivity contribution in [1.29, 1.82) is 0 Å². The average molecular weight is 370 g/mol. The lowest BCUT2D eigenvalue weighted by molar-refractivity contribution is 0.0609. The Morgan fingerprint density at radius 2 is 1.81 bits per heavy atom. The number of fused-ring (bicyclic) bond motifs is 1. The normalized spacial score (nSPS) is 18.5. The molecule has 1 spiro atoms. The molecule has 0 atom stereocenters. The number of hydrogen-bond donors (Lipinski definition) is 1. The second-order valence-electron chi connectivity index (χ2n) is 6.86. The minimum absolute atomic E-state index is 0.0393. The summed E-state index contributed by atoms with van der Waals surface area (Å²) < 4.78 is 0. The van der Waals surface area contributed by atoms with Crippen molar-refractivity contribution in [2.24, 2.45) is 0 Å². The lowest BCUT2D eigenvalue weighted by Gasteiger charge is -2.51. The monoisotopic (exact) mass is 369 g/mol. The summed E-state index contributed by atoms with van der Waals surface area (Å²) in [4.78, 5) is 29.3. The van der Waals surface area contributed by atoms with Crippen LogP contribution in [-0.4, -0.2) is 42.5 Å². The number of halogens is 1. The molecule has 2 aliphatic rings. The highest BCUT2D eigenvalue weighted by Gasteiger charge is 2.44. The number of carbonyl (C=O) groups is 2. The first-order chi connectivity index (χ1) is 12.5. The first-order valence-corrected chi connectivity index (χ1v) is 9.08. The molecular weight excluding hydrogens is 350 g/mol. The van der Waals surface area contributed by atoms with E-state index in [9.17, 15) is 9.59 Å². The van der Waals surface area contributed by atoms with E-state index in [0.29, 0.717) is 42.1 Å². The van der Waals surface area contributed by atoms with Crippen molar-refractivity contribution in [1.82, 2.24) is 10.2 Å². The summed E-state index contributed by atoms with van der Waals surface area (Å²) in [6.45, 7) is 1.20. The van der Waals surface area contributed by atoms with Crippen LogP contribution in [0.1, 0.15) is 33.6 Å². The number of amides is 2. The number of carbonyl (C=O) groups excluding carboxylic acids is 2. The van der Waals surface area contributed by atoms with E-state index in [1.54, 1.807) is 12.1 Å². The fourth-order valence-electron chi connectivity index (χ4n) is 3.88. The van der Waals surface area contributed by atoms with E-state index in [-0.39, 0.29) is 11.8 Å². The molecule has 1 N–H and O–H groups in total. The molecule has 2 heterocycles. The third-order valence-electron chi connectivity index (χ3n) is 5.45. The van der Waals surface area contributed by atoms with Crippen molar-refractivity contribution in [2.45, 2.75) is 18.5 Å². The number of nitrogens with zero attached hydrogens (tertiary/aromatic N) is 2. The van der Waals surface area contributed by atoms with Gasteiger partial charge in [-0.3, -0.25) is 9.59 Å². The molecule has 0 radical (unpaired) electrons. The summed E-state index contributed by atoms with van der Waals surface area (Å²) >= 11 is 6.04. The van der Waals surface area contributed by atoms with Gasteiger partial charge >= 0.3 is 0 Å². The molecule has 134 valence electrons. The predicted octanol–water partition coefficient (Wildman–Crippen LogP) is 3.15. The third-order valence-corrected chi connectivity index (χ3v) is 5.69. The zero-order valence-electron chi connectivity index (χ0n) is 14.5. The Morgan fingerprint density at radius 1 is 1.12 bits per heavy atom. The maximum atomic E-state index is 12.7. The molecule has 0 unspecified atom stereocenters. The van der Waals surface area contributed by atoms with Crippen LogP contribution in [0.4, 0.5) is 5.69 Å². The standard InChI is InChI=1S/C20H20ClN3O2/c1-23-17-8-7-15(21)13-16(17)18(25)22-20(23)9-11-24(12-10-20)19(26)14-5-3-2-4-6-14/h2-8,13H,9-12H2,1H3,(H,22,25). The second-order valence-corrected chi connectivity index (χ2v) is 7.30. The molecule has 1 saturated heterocycles. The Labute approximate surface area is 157 Å². The Bertz CT molecular complexity index is 861. The molecule has 0 bridgehead atoms. The molecule has 1 fully saturated rings. The van der Waals surface area contributed by atoms with E-state index < -0.39 is 5.66 Å². The van der Waals surface area contributed by atoms with E-state index in [2.05, 4.69) is 10.2 Å². The SMILES string of the molecule is CN1c2ccc(Cl)cc2C(=O)NC12CCN(C(=O)c1ccccc1)CC2. The van der Waals surface area contributed by atoms with Gasteiger partial charge in [0.05, 0.1) is 11.3 Å². The maximum Gasteiger partial charge on any atom is 0.255 e. The zero-order chi connectivity index (χ0) is 18.3. The Balaban J connectivity index is 1.54. The van der Waals surface area contributed by atoms with Crippen LogP contribution >= 0.6 is 11.6 Å². The van der Waals surface area contributed by atoms with Gasteiger partial charge in [0.2, 0.25) is 0 Å². The van der Waals surface area contributed by atoms with Crippen LogP contribution in [0.3, 0.4) is 0 Å². The quantitative estimate of drug-likeness (QED) is 0.840. The predicted molar refractivity (Wildman–Crippen MR) is 102 cm³/mol. The molecule has 5 nitrogen and oxygen atoms in total. The minimum atomic E-state index is -0.467. The van der Waals surface area contributed by atoms with E-state index in [4.69, 9.17) is 11.6 Å². The highest BCUT2D eigenvalue weighted by molar-refractivity contribution is 6.31. The molecule has 2 aliphatic heterocycles. The van der Waals surface area contributed by atoms with Gasteiger partial charge in [0.1, 0.15) is 5.66 Å². The molecule has 2 aromatic carbocycles. The van der Waals surface area contributed by atoms with Gasteiger partial charge in [-0.05, 0) is 30.3 Å². The van der Waals surface area contributed by atoms with Crippen molar-refractivity contribution in [3.63, 3.8) is 0 Å². The molecule has 0 aromatic heterocycles. The molecule has 0 aliphatic carbocycles. The molecule has 6 heteroatoms. The van der Waals surface area contributed by atoms with Gasteiger partial charge in [-0.25, -0.2) is 0 Å². The summed E-state index contributed by atoms with van der Waals surface area (Å²) in [6, 6.07) is 14.7. The van der Waals surface area contributed by atoms with Crippen LogP contribution in [0.5, 0.6) is 0 Å². The number of likely N-dealkylation sites (tertiary alicyclic amines) is 1. The van der Waals surface area contributed by atoms with Gasteiger partial charge < -0.3 is 15.1 Å². The van der Waals surface area contributed by atoms with Crippen LogP contribution in [0.2, 0.25) is 5.02 Å². The molecule has 26 heavy (non-hydrogen) atoms.